The summed E-state index contributed by atoms with van der Waals surface area (Å²) < 4.78 is 0. The minimum Gasteiger partial charge on any atom is -0.235 e. The minimum absolute atomic E-state index is 0.411. The summed E-state index contributed by atoms with van der Waals surface area (Å²) in [4.78, 5) is 4.35. The Morgan fingerprint density at radius 2 is 2.07 bits per heavy atom. The summed E-state index contributed by atoms with van der Waals surface area (Å²) in [7, 11) is 0. The monoisotopic (exact) mass is 212 g/mol. The quantitative estimate of drug-likeness (QED) is 0.716. The van der Waals surface area contributed by atoms with Gasteiger partial charge in [-0.05, 0) is 0 Å². The molecule has 3 heteroatoms. The van der Waals surface area contributed by atoms with Gasteiger partial charge >= 0.3 is 0 Å². The van der Waals surface area contributed by atoms with Gasteiger partial charge in [0.25, 0.3) is 0 Å². The van der Waals surface area contributed by atoms with Crippen LogP contribution in [0, 0.1) is 11.3 Å². The van der Waals surface area contributed by atoms with E-state index in [4.69, 9.17) is 5.26 Å². The standard InChI is InChI=1S/C12H8N2S/c1-9(7-13)11-8-15-12(14-11)10-5-3-2-4-6-10/h2-6,8H,1H2. The minimum atomic E-state index is 0.411. The maximum absolute atomic E-state index is 8.68. The lowest BCUT2D eigenvalue weighted by Crippen LogP contribution is -1.80. The molecule has 15 heavy (non-hydrogen) atoms. The highest BCUT2D eigenvalue weighted by molar-refractivity contribution is 7.13. The van der Waals surface area contributed by atoms with Crippen LogP contribution in [0.2, 0.25) is 0 Å². The van der Waals surface area contributed by atoms with Gasteiger partial charge < -0.3 is 0 Å². The summed E-state index contributed by atoms with van der Waals surface area (Å²) in [6, 6.07) is 11.9. The van der Waals surface area contributed by atoms with E-state index in [1.807, 2.05) is 41.8 Å². The van der Waals surface area contributed by atoms with Crippen LogP contribution in [0.4, 0.5) is 0 Å². The summed E-state index contributed by atoms with van der Waals surface area (Å²) in [6.45, 7) is 3.63. The normalized spacial score (nSPS) is 9.53. The highest BCUT2D eigenvalue weighted by atomic mass is 32.1. The lowest BCUT2D eigenvalue weighted by molar-refractivity contribution is 1.36. The lowest BCUT2D eigenvalue weighted by atomic mass is 10.2. The second kappa shape index (κ2) is 4.07. The Morgan fingerprint density at radius 3 is 2.73 bits per heavy atom. The van der Waals surface area contributed by atoms with Gasteiger partial charge in [0, 0.05) is 10.9 Å². The van der Waals surface area contributed by atoms with Crippen molar-refractivity contribution in [2.45, 2.75) is 0 Å². The molecule has 0 bridgehead atoms. The molecule has 1 aromatic heterocycles. The number of hydrogen-bond donors (Lipinski definition) is 0. The highest BCUT2D eigenvalue weighted by Crippen LogP contribution is 2.25. The molecule has 2 rings (SSSR count). The van der Waals surface area contributed by atoms with E-state index in [1.54, 1.807) is 0 Å². The van der Waals surface area contributed by atoms with Crippen LogP contribution in [0.3, 0.4) is 0 Å². The summed E-state index contributed by atoms with van der Waals surface area (Å²) in [5.41, 5.74) is 2.15. The number of nitrogens with zero attached hydrogens (tertiary/aromatic N) is 2. The summed E-state index contributed by atoms with van der Waals surface area (Å²) in [5, 5.41) is 11.5. The van der Waals surface area contributed by atoms with Crippen LogP contribution in [0.5, 0.6) is 0 Å². The van der Waals surface area contributed by atoms with E-state index < -0.39 is 0 Å². The molecule has 0 aliphatic carbocycles. The van der Waals surface area contributed by atoms with Crippen LogP contribution in [-0.2, 0) is 0 Å². The molecule has 2 nitrogen and oxygen atoms in total. The molecule has 0 N–H and O–H groups in total. The van der Waals surface area contributed by atoms with Crippen molar-refractivity contribution in [2.75, 3.05) is 0 Å². The number of allylic oxidation sites excluding steroid dienone is 1. The number of nitriles is 1. The van der Waals surface area contributed by atoms with E-state index in [1.165, 1.54) is 11.3 Å². The van der Waals surface area contributed by atoms with Gasteiger partial charge in [-0.1, -0.05) is 36.9 Å². The average Bonchev–Trinajstić information content (AvgIpc) is 2.78. The number of hydrogen-bond acceptors (Lipinski definition) is 3. The third-order valence-corrected chi connectivity index (χ3v) is 2.86. The first-order chi connectivity index (χ1) is 7.31. The molecule has 0 saturated heterocycles. The molecule has 0 spiro atoms. The van der Waals surface area contributed by atoms with E-state index >= 15 is 0 Å². The molecular formula is C12H8N2S. The van der Waals surface area contributed by atoms with E-state index in [9.17, 15) is 0 Å². The van der Waals surface area contributed by atoms with E-state index in [0.29, 0.717) is 11.3 Å². The number of rotatable bonds is 2. The molecular weight excluding hydrogens is 204 g/mol. The molecule has 0 aliphatic rings. The zero-order valence-corrected chi connectivity index (χ0v) is 8.79. The van der Waals surface area contributed by atoms with Crippen molar-refractivity contribution in [3.63, 3.8) is 0 Å². The van der Waals surface area contributed by atoms with Crippen molar-refractivity contribution in [1.82, 2.24) is 4.98 Å². The van der Waals surface area contributed by atoms with Crippen LogP contribution in [0.25, 0.3) is 16.1 Å². The smallest absolute Gasteiger partial charge is 0.124 e. The van der Waals surface area contributed by atoms with Crippen molar-refractivity contribution < 1.29 is 0 Å². The Hall–Kier alpha value is -1.92. The largest absolute Gasteiger partial charge is 0.235 e. The Bertz CT molecular complexity index is 520. The van der Waals surface area contributed by atoms with Crippen LogP contribution in [0.15, 0.2) is 42.3 Å². The van der Waals surface area contributed by atoms with Crippen molar-refractivity contribution >= 4 is 16.9 Å². The van der Waals surface area contributed by atoms with Crippen LogP contribution in [0.1, 0.15) is 5.69 Å². The van der Waals surface area contributed by atoms with Crippen LogP contribution in [-0.4, -0.2) is 4.98 Å². The summed E-state index contributed by atoms with van der Waals surface area (Å²) >= 11 is 1.52. The third kappa shape index (κ3) is 1.95. The van der Waals surface area contributed by atoms with E-state index in [2.05, 4.69) is 11.6 Å². The van der Waals surface area contributed by atoms with Crippen LogP contribution < -0.4 is 0 Å². The van der Waals surface area contributed by atoms with Crippen molar-refractivity contribution in [2.24, 2.45) is 0 Å². The van der Waals surface area contributed by atoms with Crippen molar-refractivity contribution in [1.29, 1.82) is 5.26 Å². The Balaban J connectivity index is 2.37. The first-order valence-electron chi connectivity index (χ1n) is 4.41. The van der Waals surface area contributed by atoms with Gasteiger partial charge in [0.05, 0.1) is 11.3 Å². The molecule has 0 radical (unpaired) electrons. The average molecular weight is 212 g/mol. The summed E-state index contributed by atoms with van der Waals surface area (Å²) in [5.74, 6) is 0. The van der Waals surface area contributed by atoms with Gasteiger partial charge in [0.1, 0.15) is 11.1 Å². The molecule has 72 valence electrons. The first-order valence-corrected chi connectivity index (χ1v) is 5.29. The Morgan fingerprint density at radius 1 is 1.33 bits per heavy atom. The Kier molecular flexibility index (Phi) is 2.61. The molecule has 1 aromatic carbocycles. The molecule has 2 aromatic rings. The maximum atomic E-state index is 8.68. The molecule has 0 saturated carbocycles. The maximum Gasteiger partial charge on any atom is 0.124 e. The SMILES string of the molecule is C=C(C#N)c1csc(-c2ccccc2)n1. The fourth-order valence-corrected chi connectivity index (χ4v) is 2.02. The fourth-order valence-electron chi connectivity index (χ4n) is 1.18. The number of benzene rings is 1. The topological polar surface area (TPSA) is 36.7 Å². The predicted octanol–water partition coefficient (Wildman–Crippen LogP) is 3.35. The van der Waals surface area contributed by atoms with Crippen molar-refractivity contribution in [3.8, 4) is 16.6 Å². The van der Waals surface area contributed by atoms with E-state index in [-0.39, 0.29) is 0 Å². The Labute approximate surface area is 92.1 Å². The van der Waals surface area contributed by atoms with Gasteiger partial charge in [-0.15, -0.1) is 11.3 Å². The molecule has 0 fully saturated rings. The van der Waals surface area contributed by atoms with Crippen LogP contribution >= 0.6 is 11.3 Å². The number of thiazole rings is 1. The third-order valence-electron chi connectivity index (χ3n) is 1.97. The second-order valence-corrected chi connectivity index (χ2v) is 3.85. The van der Waals surface area contributed by atoms with Crippen molar-refractivity contribution in [3.05, 3.63) is 48.0 Å². The first kappa shape index (κ1) is 9.63. The molecule has 0 aliphatic heterocycles. The van der Waals surface area contributed by atoms with Gasteiger partial charge in [-0.2, -0.15) is 5.26 Å². The predicted molar refractivity (Wildman–Crippen MR) is 62.2 cm³/mol. The van der Waals surface area contributed by atoms with Gasteiger partial charge in [0.2, 0.25) is 0 Å². The van der Waals surface area contributed by atoms with Gasteiger partial charge in [0.15, 0.2) is 0 Å². The zero-order valence-electron chi connectivity index (χ0n) is 7.97. The second-order valence-electron chi connectivity index (χ2n) is 2.99. The van der Waals surface area contributed by atoms with Gasteiger partial charge in [-0.25, -0.2) is 4.98 Å². The number of aromatic nitrogens is 1. The fraction of sp³-hybridized carbons (Fsp3) is 0. The molecule has 0 atom stereocenters. The molecule has 0 amide bonds. The van der Waals surface area contributed by atoms with E-state index in [0.717, 1.165) is 10.6 Å². The molecule has 0 unspecified atom stereocenters. The summed E-state index contributed by atoms with van der Waals surface area (Å²) in [6.07, 6.45) is 0. The molecule has 1 heterocycles. The highest BCUT2D eigenvalue weighted by Gasteiger charge is 2.05. The lowest BCUT2D eigenvalue weighted by Gasteiger charge is -1.93. The zero-order chi connectivity index (χ0) is 10.7. The van der Waals surface area contributed by atoms with Gasteiger partial charge in [-0.3, -0.25) is 0 Å².